The van der Waals surface area contributed by atoms with Crippen LogP contribution in [0.1, 0.15) is 66.7 Å². The Morgan fingerprint density at radius 1 is 1.26 bits per heavy atom. The SMILES string of the molecule is CCN(CC)C(=O)C(C)NC1CCCC(C)(C)CC1. The molecular weight excluding hydrogens is 236 g/mol. The highest BCUT2D eigenvalue weighted by atomic mass is 16.2. The van der Waals surface area contributed by atoms with Crippen LogP contribution in [0.25, 0.3) is 0 Å². The first-order valence-electron chi connectivity index (χ1n) is 7.94. The van der Waals surface area contributed by atoms with Gasteiger partial charge in [-0.3, -0.25) is 4.79 Å². The Morgan fingerprint density at radius 3 is 2.47 bits per heavy atom. The van der Waals surface area contributed by atoms with Crippen molar-refractivity contribution in [1.82, 2.24) is 10.2 Å². The van der Waals surface area contributed by atoms with Crippen molar-refractivity contribution < 1.29 is 4.79 Å². The van der Waals surface area contributed by atoms with Crippen LogP contribution in [0.15, 0.2) is 0 Å². The van der Waals surface area contributed by atoms with E-state index in [1.165, 1.54) is 32.1 Å². The molecule has 3 nitrogen and oxygen atoms in total. The minimum Gasteiger partial charge on any atom is -0.342 e. The largest absolute Gasteiger partial charge is 0.342 e. The molecule has 0 aromatic carbocycles. The van der Waals surface area contributed by atoms with E-state index in [0.717, 1.165) is 13.1 Å². The van der Waals surface area contributed by atoms with Gasteiger partial charge in [0.05, 0.1) is 6.04 Å². The van der Waals surface area contributed by atoms with E-state index in [2.05, 4.69) is 19.2 Å². The third kappa shape index (κ3) is 5.13. The molecule has 1 saturated carbocycles. The molecule has 0 aliphatic heterocycles. The number of carbonyl (C=O) groups excluding carboxylic acids is 1. The Hall–Kier alpha value is -0.570. The van der Waals surface area contributed by atoms with Crippen LogP contribution in [-0.4, -0.2) is 36.0 Å². The predicted molar refractivity (Wildman–Crippen MR) is 81.2 cm³/mol. The van der Waals surface area contributed by atoms with Crippen molar-refractivity contribution in [3.8, 4) is 0 Å². The number of nitrogens with one attached hydrogen (secondary N) is 1. The average molecular weight is 268 g/mol. The summed E-state index contributed by atoms with van der Waals surface area (Å²) in [4.78, 5) is 14.2. The van der Waals surface area contributed by atoms with Crippen molar-refractivity contribution in [3.63, 3.8) is 0 Å². The van der Waals surface area contributed by atoms with Gasteiger partial charge in [-0.2, -0.15) is 0 Å². The fraction of sp³-hybridized carbons (Fsp3) is 0.938. The lowest BCUT2D eigenvalue weighted by Crippen LogP contribution is -2.48. The van der Waals surface area contributed by atoms with Gasteiger partial charge in [-0.1, -0.05) is 20.3 Å². The van der Waals surface area contributed by atoms with Gasteiger partial charge in [-0.05, 0) is 51.9 Å². The second kappa shape index (κ2) is 7.28. The summed E-state index contributed by atoms with van der Waals surface area (Å²) in [6, 6.07) is 0.461. The quantitative estimate of drug-likeness (QED) is 0.777. The zero-order valence-corrected chi connectivity index (χ0v) is 13.5. The fourth-order valence-corrected chi connectivity index (χ4v) is 3.06. The van der Waals surface area contributed by atoms with E-state index in [1.54, 1.807) is 0 Å². The molecule has 2 atom stereocenters. The van der Waals surface area contributed by atoms with Gasteiger partial charge in [0, 0.05) is 19.1 Å². The zero-order valence-electron chi connectivity index (χ0n) is 13.5. The van der Waals surface area contributed by atoms with Gasteiger partial charge in [0.25, 0.3) is 0 Å². The number of hydrogen-bond donors (Lipinski definition) is 1. The maximum Gasteiger partial charge on any atom is 0.239 e. The molecule has 0 radical (unpaired) electrons. The molecule has 112 valence electrons. The van der Waals surface area contributed by atoms with Gasteiger partial charge in [0.2, 0.25) is 5.91 Å². The van der Waals surface area contributed by atoms with Gasteiger partial charge in [0.1, 0.15) is 0 Å². The van der Waals surface area contributed by atoms with Crippen molar-refractivity contribution in [3.05, 3.63) is 0 Å². The summed E-state index contributed by atoms with van der Waals surface area (Å²) in [5.74, 6) is 0.244. The van der Waals surface area contributed by atoms with E-state index in [9.17, 15) is 4.79 Å². The van der Waals surface area contributed by atoms with Gasteiger partial charge < -0.3 is 10.2 Å². The van der Waals surface area contributed by atoms with Crippen molar-refractivity contribution in [2.45, 2.75) is 78.8 Å². The van der Waals surface area contributed by atoms with Crippen LogP contribution in [0.3, 0.4) is 0 Å². The van der Waals surface area contributed by atoms with Crippen molar-refractivity contribution in [2.75, 3.05) is 13.1 Å². The lowest BCUT2D eigenvalue weighted by atomic mass is 9.85. The van der Waals surface area contributed by atoms with E-state index >= 15 is 0 Å². The van der Waals surface area contributed by atoms with Crippen LogP contribution >= 0.6 is 0 Å². The van der Waals surface area contributed by atoms with E-state index in [-0.39, 0.29) is 11.9 Å². The van der Waals surface area contributed by atoms with Crippen LogP contribution in [0.2, 0.25) is 0 Å². The van der Waals surface area contributed by atoms with E-state index in [1.807, 2.05) is 25.7 Å². The summed E-state index contributed by atoms with van der Waals surface area (Å²) in [5, 5.41) is 3.55. The second-order valence-corrected chi connectivity index (χ2v) is 6.69. The Bertz CT molecular complexity index is 284. The zero-order chi connectivity index (χ0) is 14.5. The first-order valence-corrected chi connectivity index (χ1v) is 7.94. The number of hydrogen-bond acceptors (Lipinski definition) is 2. The summed E-state index contributed by atoms with van der Waals surface area (Å²) >= 11 is 0. The monoisotopic (exact) mass is 268 g/mol. The second-order valence-electron chi connectivity index (χ2n) is 6.69. The Morgan fingerprint density at radius 2 is 1.89 bits per heavy atom. The number of nitrogens with zero attached hydrogens (tertiary/aromatic N) is 1. The summed E-state index contributed by atoms with van der Waals surface area (Å²) in [6.45, 7) is 12.4. The molecule has 1 fully saturated rings. The average Bonchev–Trinajstić information content (AvgIpc) is 2.52. The molecule has 3 heteroatoms. The summed E-state index contributed by atoms with van der Waals surface area (Å²) in [7, 11) is 0. The highest BCUT2D eigenvalue weighted by Gasteiger charge is 2.27. The van der Waals surface area contributed by atoms with Crippen molar-refractivity contribution in [2.24, 2.45) is 5.41 Å². The van der Waals surface area contributed by atoms with E-state index < -0.39 is 0 Å². The molecular formula is C16H32N2O. The lowest BCUT2D eigenvalue weighted by molar-refractivity contribution is -0.132. The molecule has 0 saturated heterocycles. The first-order chi connectivity index (χ1) is 8.89. The van der Waals surface area contributed by atoms with Gasteiger partial charge in [0.15, 0.2) is 0 Å². The molecule has 2 unspecified atom stereocenters. The molecule has 0 heterocycles. The van der Waals surface area contributed by atoms with Crippen molar-refractivity contribution in [1.29, 1.82) is 0 Å². The lowest BCUT2D eigenvalue weighted by Gasteiger charge is -2.27. The predicted octanol–water partition coefficient (Wildman–Crippen LogP) is 3.19. The minimum absolute atomic E-state index is 0.0499. The van der Waals surface area contributed by atoms with Gasteiger partial charge in [-0.25, -0.2) is 0 Å². The van der Waals surface area contributed by atoms with E-state index in [0.29, 0.717) is 11.5 Å². The molecule has 1 aliphatic carbocycles. The third-order valence-electron chi connectivity index (χ3n) is 4.51. The highest BCUT2D eigenvalue weighted by Crippen LogP contribution is 2.33. The molecule has 1 rings (SSSR count). The van der Waals surface area contributed by atoms with Crippen LogP contribution < -0.4 is 5.32 Å². The first kappa shape index (κ1) is 16.5. The van der Waals surface area contributed by atoms with Crippen molar-refractivity contribution >= 4 is 5.91 Å². The van der Waals surface area contributed by atoms with Crippen LogP contribution in [-0.2, 0) is 4.79 Å². The van der Waals surface area contributed by atoms with Crippen LogP contribution in [0.5, 0.6) is 0 Å². The molecule has 0 spiro atoms. The number of carbonyl (C=O) groups is 1. The number of likely N-dealkylation sites (N-methyl/N-ethyl adjacent to an activating group) is 1. The number of rotatable bonds is 5. The summed E-state index contributed by atoms with van der Waals surface area (Å²) < 4.78 is 0. The summed E-state index contributed by atoms with van der Waals surface area (Å²) in [6.07, 6.45) is 6.25. The van der Waals surface area contributed by atoms with Gasteiger partial charge in [-0.15, -0.1) is 0 Å². The molecule has 0 aromatic rings. The third-order valence-corrected chi connectivity index (χ3v) is 4.51. The Kier molecular flexibility index (Phi) is 6.31. The van der Waals surface area contributed by atoms with E-state index in [4.69, 9.17) is 0 Å². The fourth-order valence-electron chi connectivity index (χ4n) is 3.06. The topological polar surface area (TPSA) is 32.3 Å². The molecule has 0 bridgehead atoms. The molecule has 1 amide bonds. The molecule has 1 aliphatic rings. The van der Waals surface area contributed by atoms with Gasteiger partial charge >= 0.3 is 0 Å². The molecule has 1 N–H and O–H groups in total. The Balaban J connectivity index is 2.48. The highest BCUT2D eigenvalue weighted by molar-refractivity contribution is 5.81. The number of amides is 1. The minimum atomic E-state index is -0.0499. The molecule has 19 heavy (non-hydrogen) atoms. The molecule has 0 aromatic heterocycles. The Labute approximate surface area is 119 Å². The summed E-state index contributed by atoms with van der Waals surface area (Å²) in [5.41, 5.74) is 0.475. The maximum absolute atomic E-state index is 12.3. The standard InChI is InChI=1S/C16H32N2O/c1-6-18(7-2)15(19)13(3)17-14-9-8-11-16(4,5)12-10-14/h13-14,17H,6-12H2,1-5H3. The normalized spacial score (nSPS) is 24.6. The van der Waals surface area contributed by atoms with Crippen LogP contribution in [0, 0.1) is 5.41 Å². The maximum atomic E-state index is 12.3. The van der Waals surface area contributed by atoms with Crippen LogP contribution in [0.4, 0.5) is 0 Å². The smallest absolute Gasteiger partial charge is 0.239 e.